The summed E-state index contributed by atoms with van der Waals surface area (Å²) in [4.78, 5) is 7.00. The zero-order valence-corrected chi connectivity index (χ0v) is 14.5. The van der Waals surface area contributed by atoms with Crippen LogP contribution in [0.25, 0.3) is 26.8 Å². The molecule has 0 aliphatic heterocycles. The molecule has 0 amide bonds. The van der Waals surface area contributed by atoms with Crippen molar-refractivity contribution in [3.8, 4) is 21.8 Å². The lowest BCUT2D eigenvalue weighted by atomic mass is 10.1. The quantitative estimate of drug-likeness (QED) is 0.580. The molecule has 0 unspecified atom stereocenters. The Bertz CT molecular complexity index is 931. The van der Waals surface area contributed by atoms with E-state index in [0.717, 1.165) is 22.8 Å². The molecule has 3 nitrogen and oxygen atoms in total. The SMILES string of the molecule is CCc1ccc(-c2csc3nc(-c4cccs4)c(CN)n23)cc1. The van der Waals surface area contributed by atoms with Crippen LogP contribution in [0.1, 0.15) is 18.2 Å². The van der Waals surface area contributed by atoms with Gasteiger partial charge in [-0.05, 0) is 29.0 Å². The Hall–Kier alpha value is -1.95. The van der Waals surface area contributed by atoms with Gasteiger partial charge in [0, 0.05) is 11.9 Å². The highest BCUT2D eigenvalue weighted by Crippen LogP contribution is 2.34. The summed E-state index contributed by atoms with van der Waals surface area (Å²) in [5.74, 6) is 0. The summed E-state index contributed by atoms with van der Waals surface area (Å²) in [6, 6.07) is 12.9. The molecule has 2 N–H and O–H groups in total. The maximum atomic E-state index is 6.07. The van der Waals surface area contributed by atoms with Crippen LogP contribution in [0.4, 0.5) is 0 Å². The van der Waals surface area contributed by atoms with Crippen molar-refractivity contribution in [2.24, 2.45) is 5.73 Å². The Labute approximate surface area is 143 Å². The molecule has 0 bridgehead atoms. The molecule has 0 aliphatic rings. The Morgan fingerprint density at radius 2 is 1.96 bits per heavy atom. The minimum absolute atomic E-state index is 0.477. The molecule has 116 valence electrons. The average molecular weight is 339 g/mol. The normalized spacial score (nSPS) is 11.4. The van der Waals surface area contributed by atoms with Crippen molar-refractivity contribution in [3.63, 3.8) is 0 Å². The van der Waals surface area contributed by atoms with Gasteiger partial charge in [0.1, 0.15) is 5.69 Å². The van der Waals surface area contributed by atoms with Crippen LogP contribution in [0.5, 0.6) is 0 Å². The fraction of sp³-hybridized carbons (Fsp3) is 0.167. The third kappa shape index (κ3) is 2.41. The molecule has 0 saturated heterocycles. The molecule has 0 fully saturated rings. The lowest BCUT2D eigenvalue weighted by Crippen LogP contribution is -2.02. The molecule has 4 aromatic rings. The van der Waals surface area contributed by atoms with Gasteiger partial charge in [0.05, 0.1) is 16.3 Å². The lowest BCUT2D eigenvalue weighted by Gasteiger charge is -2.05. The summed E-state index contributed by atoms with van der Waals surface area (Å²) in [5, 5.41) is 4.24. The Kier molecular flexibility index (Phi) is 3.77. The van der Waals surface area contributed by atoms with Gasteiger partial charge in [0.25, 0.3) is 0 Å². The van der Waals surface area contributed by atoms with Crippen molar-refractivity contribution in [1.29, 1.82) is 0 Å². The number of rotatable bonds is 4. The predicted molar refractivity (Wildman–Crippen MR) is 99.1 cm³/mol. The maximum absolute atomic E-state index is 6.07. The number of nitrogens with two attached hydrogens (primary N) is 1. The van der Waals surface area contributed by atoms with Crippen molar-refractivity contribution < 1.29 is 0 Å². The van der Waals surface area contributed by atoms with E-state index in [4.69, 9.17) is 10.7 Å². The van der Waals surface area contributed by atoms with Gasteiger partial charge in [-0.1, -0.05) is 37.3 Å². The van der Waals surface area contributed by atoms with Crippen molar-refractivity contribution in [1.82, 2.24) is 9.38 Å². The molecule has 0 saturated carbocycles. The number of aryl methyl sites for hydroxylation is 1. The van der Waals surface area contributed by atoms with Crippen LogP contribution >= 0.6 is 22.7 Å². The minimum Gasteiger partial charge on any atom is -0.325 e. The molecule has 1 aromatic carbocycles. The molecule has 0 radical (unpaired) electrons. The van der Waals surface area contributed by atoms with Gasteiger partial charge >= 0.3 is 0 Å². The summed E-state index contributed by atoms with van der Waals surface area (Å²) in [6.07, 6.45) is 1.06. The summed E-state index contributed by atoms with van der Waals surface area (Å²) in [6.45, 7) is 2.65. The standard InChI is InChI=1S/C18H17N3S2/c1-2-12-5-7-13(8-6-12)15-11-23-18-20-17(14(10-19)21(15)18)16-4-3-9-22-16/h3-9,11H,2,10,19H2,1H3. The van der Waals surface area contributed by atoms with E-state index in [2.05, 4.69) is 58.5 Å². The third-order valence-corrected chi connectivity index (χ3v) is 5.77. The first kappa shape index (κ1) is 14.6. The summed E-state index contributed by atoms with van der Waals surface area (Å²) in [5.41, 5.74) is 11.9. The van der Waals surface area contributed by atoms with Gasteiger partial charge in [-0.25, -0.2) is 4.98 Å². The molecule has 3 heterocycles. The topological polar surface area (TPSA) is 43.3 Å². The molecule has 0 spiro atoms. The predicted octanol–water partition coefficient (Wildman–Crippen LogP) is 4.81. The Morgan fingerprint density at radius 3 is 2.61 bits per heavy atom. The Balaban J connectivity index is 1.91. The monoisotopic (exact) mass is 339 g/mol. The van der Waals surface area contributed by atoms with Gasteiger partial charge < -0.3 is 5.73 Å². The molecule has 0 atom stereocenters. The maximum Gasteiger partial charge on any atom is 0.195 e. The number of fused-ring (bicyclic) bond motifs is 1. The van der Waals surface area contributed by atoms with Crippen LogP contribution in [0, 0.1) is 0 Å². The van der Waals surface area contributed by atoms with Crippen molar-refractivity contribution in [3.05, 3.63) is 58.4 Å². The van der Waals surface area contributed by atoms with E-state index in [9.17, 15) is 0 Å². The molecular weight excluding hydrogens is 322 g/mol. The van der Waals surface area contributed by atoms with E-state index >= 15 is 0 Å². The van der Waals surface area contributed by atoms with E-state index in [1.807, 2.05) is 0 Å². The summed E-state index contributed by atoms with van der Waals surface area (Å²) < 4.78 is 2.21. The number of hydrogen-bond acceptors (Lipinski definition) is 4. The number of imidazole rings is 1. The van der Waals surface area contributed by atoms with E-state index in [1.165, 1.54) is 21.7 Å². The zero-order chi connectivity index (χ0) is 15.8. The van der Waals surface area contributed by atoms with Crippen LogP contribution < -0.4 is 5.73 Å². The minimum atomic E-state index is 0.477. The van der Waals surface area contributed by atoms with E-state index in [1.54, 1.807) is 22.7 Å². The van der Waals surface area contributed by atoms with Crippen LogP contribution in [0.2, 0.25) is 0 Å². The van der Waals surface area contributed by atoms with E-state index < -0.39 is 0 Å². The molecule has 23 heavy (non-hydrogen) atoms. The second-order valence-electron chi connectivity index (χ2n) is 5.38. The molecule has 3 aromatic heterocycles. The van der Waals surface area contributed by atoms with Crippen LogP contribution in [-0.4, -0.2) is 9.38 Å². The van der Waals surface area contributed by atoms with E-state index in [-0.39, 0.29) is 0 Å². The van der Waals surface area contributed by atoms with Crippen LogP contribution in [0.15, 0.2) is 47.2 Å². The Morgan fingerprint density at radius 1 is 1.13 bits per heavy atom. The third-order valence-electron chi connectivity index (χ3n) is 4.06. The highest BCUT2D eigenvalue weighted by Gasteiger charge is 2.18. The van der Waals surface area contributed by atoms with Crippen LogP contribution in [0.3, 0.4) is 0 Å². The largest absolute Gasteiger partial charge is 0.325 e. The number of thiophene rings is 1. The van der Waals surface area contributed by atoms with E-state index in [0.29, 0.717) is 6.54 Å². The first-order chi connectivity index (χ1) is 11.3. The van der Waals surface area contributed by atoms with Gasteiger partial charge in [-0.15, -0.1) is 22.7 Å². The zero-order valence-electron chi connectivity index (χ0n) is 12.8. The smallest absolute Gasteiger partial charge is 0.195 e. The van der Waals surface area contributed by atoms with Gasteiger partial charge in [0.2, 0.25) is 0 Å². The van der Waals surface area contributed by atoms with Gasteiger partial charge in [-0.3, -0.25) is 4.40 Å². The van der Waals surface area contributed by atoms with Crippen molar-refractivity contribution in [2.45, 2.75) is 19.9 Å². The molecule has 5 heteroatoms. The first-order valence-electron chi connectivity index (χ1n) is 7.64. The van der Waals surface area contributed by atoms with Crippen LogP contribution in [-0.2, 0) is 13.0 Å². The second-order valence-corrected chi connectivity index (χ2v) is 7.16. The first-order valence-corrected chi connectivity index (χ1v) is 9.39. The summed E-state index contributed by atoms with van der Waals surface area (Å²) >= 11 is 3.37. The number of thiazole rings is 1. The van der Waals surface area contributed by atoms with Gasteiger partial charge in [-0.2, -0.15) is 0 Å². The van der Waals surface area contributed by atoms with Crippen molar-refractivity contribution in [2.75, 3.05) is 0 Å². The number of benzene rings is 1. The number of hydrogen-bond donors (Lipinski definition) is 1. The molecule has 4 rings (SSSR count). The molecular formula is C18H17N3S2. The average Bonchev–Trinajstić information content (AvgIpc) is 3.30. The summed E-state index contributed by atoms with van der Waals surface area (Å²) in [7, 11) is 0. The van der Waals surface area contributed by atoms with Gasteiger partial charge in [0.15, 0.2) is 4.96 Å². The number of aromatic nitrogens is 2. The highest BCUT2D eigenvalue weighted by atomic mass is 32.1. The fourth-order valence-electron chi connectivity index (χ4n) is 2.83. The number of nitrogens with zero attached hydrogens (tertiary/aromatic N) is 2. The fourth-order valence-corrected chi connectivity index (χ4v) is 4.48. The second kappa shape index (κ2) is 5.92. The molecule has 0 aliphatic carbocycles. The van der Waals surface area contributed by atoms with Crippen molar-refractivity contribution >= 4 is 27.6 Å². The lowest BCUT2D eigenvalue weighted by molar-refractivity contribution is 0.974. The highest BCUT2D eigenvalue weighted by molar-refractivity contribution is 7.15.